The van der Waals surface area contributed by atoms with Crippen LogP contribution in [0.15, 0.2) is 97.1 Å². The number of hydrogen-bond donors (Lipinski definition) is 0. The van der Waals surface area contributed by atoms with Crippen molar-refractivity contribution in [3.05, 3.63) is 140 Å². The van der Waals surface area contributed by atoms with E-state index >= 15 is 0 Å². The second-order valence-electron chi connectivity index (χ2n) is 14.9. The van der Waals surface area contributed by atoms with Gasteiger partial charge in [0.2, 0.25) is 0 Å². The monoisotopic (exact) mass is 832 g/mol. The number of likely N-dealkylation sites (tertiary alicyclic amines) is 1. The normalized spacial score (nSPS) is 19.0. The van der Waals surface area contributed by atoms with E-state index in [9.17, 15) is 35.9 Å². The topological polar surface area (TPSA) is 47.1 Å². The molecule has 2 aliphatic rings. The summed E-state index contributed by atoms with van der Waals surface area (Å²) in [5, 5.41) is 0.903. The standard InChI is InChI=1S/C43H44Cl2F6N4O2/c1-52(40(56)30-10-6-3-7-11-30)28-32(31-12-13-38(44)39(45)25-31)14-16-53-18-20-54(21-19-53)36-15-17-55(37(27-36)22-29-8-4-2-5-9-29)41(57)33-23-34(42(46,47)48)26-35(24-33)43(49,50)51/h2-13,23-26,32,36-37H,14-22,27-28H2,1H3/t32?,36-,37-/m1/s1. The minimum atomic E-state index is -5.06. The number of alkyl halides is 6. The zero-order valence-electron chi connectivity index (χ0n) is 31.4. The summed E-state index contributed by atoms with van der Waals surface area (Å²) in [6, 6.07) is 24.8. The maximum atomic E-state index is 13.9. The van der Waals surface area contributed by atoms with Crippen molar-refractivity contribution in [1.82, 2.24) is 19.6 Å². The third-order valence-electron chi connectivity index (χ3n) is 11.1. The van der Waals surface area contributed by atoms with Gasteiger partial charge >= 0.3 is 12.4 Å². The number of likely N-dealkylation sites (N-methyl/N-ethyl adjacent to an activating group) is 1. The van der Waals surface area contributed by atoms with Crippen LogP contribution < -0.4 is 0 Å². The summed E-state index contributed by atoms with van der Waals surface area (Å²) >= 11 is 12.7. The summed E-state index contributed by atoms with van der Waals surface area (Å²) in [4.78, 5) is 35.0. The van der Waals surface area contributed by atoms with Gasteiger partial charge in [0.1, 0.15) is 0 Å². The number of rotatable bonds is 11. The van der Waals surface area contributed by atoms with Crippen LogP contribution in [0.2, 0.25) is 10.0 Å². The number of nitrogens with zero attached hydrogens (tertiary/aromatic N) is 4. The Bertz CT molecular complexity index is 1960. The van der Waals surface area contributed by atoms with Gasteiger partial charge in [-0.25, -0.2) is 0 Å². The number of halogens is 8. The molecule has 0 aliphatic carbocycles. The largest absolute Gasteiger partial charge is 0.416 e. The number of carbonyl (C=O) groups excluding carboxylic acids is 2. The van der Waals surface area contributed by atoms with Gasteiger partial charge in [-0.15, -0.1) is 0 Å². The molecule has 4 aromatic rings. The van der Waals surface area contributed by atoms with Crippen LogP contribution in [0.4, 0.5) is 26.3 Å². The first-order valence-electron chi connectivity index (χ1n) is 18.9. The molecule has 3 atom stereocenters. The van der Waals surface area contributed by atoms with Crippen molar-refractivity contribution in [2.24, 2.45) is 0 Å². The lowest BCUT2D eigenvalue weighted by Gasteiger charge is -2.46. The first-order chi connectivity index (χ1) is 27.1. The predicted octanol–water partition coefficient (Wildman–Crippen LogP) is 9.81. The zero-order chi connectivity index (χ0) is 40.9. The molecule has 2 aliphatic heterocycles. The van der Waals surface area contributed by atoms with Gasteiger partial charge in [-0.1, -0.05) is 77.8 Å². The average molecular weight is 834 g/mol. The highest BCUT2D eigenvalue weighted by Gasteiger charge is 2.40. The van der Waals surface area contributed by atoms with E-state index in [1.165, 1.54) is 4.90 Å². The third-order valence-corrected chi connectivity index (χ3v) is 11.8. The molecule has 1 unspecified atom stereocenters. The molecule has 4 aromatic carbocycles. The van der Waals surface area contributed by atoms with Gasteiger partial charge in [0.15, 0.2) is 0 Å². The lowest BCUT2D eigenvalue weighted by atomic mass is 9.90. The van der Waals surface area contributed by atoms with E-state index in [-0.39, 0.29) is 30.5 Å². The van der Waals surface area contributed by atoms with Crippen LogP contribution in [0.1, 0.15) is 68.2 Å². The SMILES string of the molecule is CN(CC(CCN1CCN([C@@H]2CCN(C(=O)c3cc(C(F)(F)F)cc(C(F)(F)F)c3)[C@H](Cc3ccccc3)C2)CC1)c1ccc(Cl)c(Cl)c1)C(=O)c1ccccc1. The summed E-state index contributed by atoms with van der Waals surface area (Å²) in [6.07, 6.45) is -7.90. The molecule has 14 heteroatoms. The molecule has 0 aromatic heterocycles. The second-order valence-corrected chi connectivity index (χ2v) is 15.7. The fourth-order valence-corrected chi connectivity index (χ4v) is 8.29. The van der Waals surface area contributed by atoms with Crippen LogP contribution >= 0.6 is 23.2 Å². The van der Waals surface area contributed by atoms with Crippen LogP contribution in [0.25, 0.3) is 0 Å². The molecule has 2 amide bonds. The number of hydrogen-bond acceptors (Lipinski definition) is 4. The van der Waals surface area contributed by atoms with Crippen LogP contribution in [0.5, 0.6) is 0 Å². The minimum Gasteiger partial charge on any atom is -0.341 e. The molecule has 0 N–H and O–H groups in total. The molecule has 2 heterocycles. The molecule has 2 saturated heterocycles. The third kappa shape index (κ3) is 10.9. The highest BCUT2D eigenvalue weighted by atomic mass is 35.5. The lowest BCUT2D eigenvalue weighted by Crippen LogP contribution is -2.56. The van der Waals surface area contributed by atoms with E-state index in [4.69, 9.17) is 23.2 Å². The molecule has 0 radical (unpaired) electrons. The minimum absolute atomic E-state index is 0.0138. The van der Waals surface area contributed by atoms with Crippen molar-refractivity contribution in [2.75, 3.05) is 52.9 Å². The average Bonchev–Trinajstić information content (AvgIpc) is 3.20. The Morgan fingerprint density at radius 3 is 1.96 bits per heavy atom. The Labute approximate surface area is 338 Å². The van der Waals surface area contributed by atoms with Gasteiger partial charge in [0.05, 0.1) is 21.2 Å². The van der Waals surface area contributed by atoms with Crippen LogP contribution in [-0.2, 0) is 18.8 Å². The van der Waals surface area contributed by atoms with E-state index in [0.29, 0.717) is 53.5 Å². The Morgan fingerprint density at radius 1 is 0.754 bits per heavy atom. The van der Waals surface area contributed by atoms with Crippen molar-refractivity contribution in [3.63, 3.8) is 0 Å². The quantitative estimate of drug-likeness (QED) is 0.141. The maximum Gasteiger partial charge on any atom is 0.416 e. The van der Waals surface area contributed by atoms with Gasteiger partial charge in [0.25, 0.3) is 11.8 Å². The Kier molecular flexibility index (Phi) is 13.6. The van der Waals surface area contributed by atoms with Crippen LogP contribution in [0.3, 0.4) is 0 Å². The molecular weight excluding hydrogens is 789 g/mol. The van der Waals surface area contributed by atoms with Crippen LogP contribution in [0, 0.1) is 0 Å². The lowest BCUT2D eigenvalue weighted by molar-refractivity contribution is -0.143. The molecular formula is C43H44Cl2F6N4O2. The highest BCUT2D eigenvalue weighted by molar-refractivity contribution is 6.42. The second kappa shape index (κ2) is 18.2. The van der Waals surface area contributed by atoms with E-state index in [0.717, 1.165) is 50.3 Å². The van der Waals surface area contributed by atoms with Crippen molar-refractivity contribution in [1.29, 1.82) is 0 Å². The molecule has 6 rings (SSSR count). The van der Waals surface area contributed by atoms with Gasteiger partial charge < -0.3 is 14.7 Å². The molecule has 0 spiro atoms. The number of piperazine rings is 1. The summed E-state index contributed by atoms with van der Waals surface area (Å²) in [5.41, 5.74) is -1.14. The summed E-state index contributed by atoms with van der Waals surface area (Å²) < 4.78 is 82.2. The smallest absolute Gasteiger partial charge is 0.341 e. The highest BCUT2D eigenvalue weighted by Crippen LogP contribution is 2.38. The molecule has 6 nitrogen and oxygen atoms in total. The van der Waals surface area contributed by atoms with E-state index in [2.05, 4.69) is 9.80 Å². The summed E-state index contributed by atoms with van der Waals surface area (Å²) in [5.74, 6) is -0.933. The van der Waals surface area contributed by atoms with E-state index < -0.39 is 41.0 Å². The molecule has 0 bridgehead atoms. The van der Waals surface area contributed by atoms with Gasteiger partial charge in [-0.2, -0.15) is 26.3 Å². The summed E-state index contributed by atoms with van der Waals surface area (Å²) in [6.45, 7) is 4.50. The first kappa shape index (κ1) is 42.5. The van der Waals surface area contributed by atoms with Gasteiger partial charge in [-0.3, -0.25) is 14.5 Å². The van der Waals surface area contributed by atoms with Crippen molar-refractivity contribution in [3.8, 4) is 0 Å². The maximum absolute atomic E-state index is 13.9. The number of amides is 2. The fraction of sp³-hybridized carbons (Fsp3) is 0.395. The molecule has 304 valence electrons. The van der Waals surface area contributed by atoms with Gasteiger partial charge in [0, 0.05) is 75.4 Å². The van der Waals surface area contributed by atoms with Crippen LogP contribution in [-0.4, -0.2) is 96.4 Å². The Hall–Kier alpha value is -4.10. The van der Waals surface area contributed by atoms with Crippen molar-refractivity contribution in [2.45, 2.75) is 56.0 Å². The molecule has 2 fully saturated rings. The number of benzene rings is 4. The van der Waals surface area contributed by atoms with Crippen molar-refractivity contribution >= 4 is 35.0 Å². The fourth-order valence-electron chi connectivity index (χ4n) is 7.99. The van der Waals surface area contributed by atoms with Gasteiger partial charge in [-0.05, 0) is 85.8 Å². The first-order valence-corrected chi connectivity index (χ1v) is 19.7. The van der Waals surface area contributed by atoms with Crippen molar-refractivity contribution < 1.29 is 35.9 Å². The van der Waals surface area contributed by atoms with E-state index in [1.54, 1.807) is 30.1 Å². The predicted molar refractivity (Wildman–Crippen MR) is 210 cm³/mol. The van der Waals surface area contributed by atoms with E-state index in [1.807, 2.05) is 60.7 Å². The Morgan fingerprint density at radius 2 is 1.37 bits per heavy atom. The number of piperidine rings is 1. The molecule has 0 saturated carbocycles. The number of carbonyl (C=O) groups is 2. The zero-order valence-corrected chi connectivity index (χ0v) is 32.9. The molecule has 57 heavy (non-hydrogen) atoms. The summed E-state index contributed by atoms with van der Waals surface area (Å²) in [7, 11) is 1.79. The Balaban J connectivity index is 1.12.